The van der Waals surface area contributed by atoms with E-state index in [0.29, 0.717) is 0 Å². The van der Waals surface area contributed by atoms with Gasteiger partial charge < -0.3 is 40.2 Å². The second-order valence-corrected chi connectivity index (χ2v) is 31.6. The summed E-state index contributed by atoms with van der Waals surface area (Å²) < 4.78 is 45.3. The molecule has 0 unspecified atom stereocenters. The van der Waals surface area contributed by atoms with Crippen molar-refractivity contribution in [1.82, 2.24) is 13.7 Å². The van der Waals surface area contributed by atoms with Crippen LogP contribution in [0.4, 0.5) is 0 Å². The maximum absolute atomic E-state index is 6.73. The molecule has 0 saturated carbocycles. The van der Waals surface area contributed by atoms with Crippen molar-refractivity contribution in [3.05, 3.63) is 419 Å². The average Bonchev–Trinajstić information content (AvgIpc) is 1.57. The lowest BCUT2D eigenvalue weighted by atomic mass is 9.96. The van der Waals surface area contributed by atoms with E-state index in [1.165, 1.54) is 5.56 Å². The molecular formula is C114H69N3O6. The molecule has 9 nitrogen and oxygen atoms in total. The number of fused-ring (bicyclic) bond motifs is 24. The highest BCUT2D eigenvalue weighted by Crippen LogP contribution is 2.47. The zero-order valence-electron chi connectivity index (χ0n) is 66.1. The normalized spacial score (nSPS) is 11.9. The van der Waals surface area contributed by atoms with Crippen LogP contribution in [0, 0.1) is 0 Å². The first-order valence-electron chi connectivity index (χ1n) is 41.6. The molecule has 0 aliphatic carbocycles. The fourth-order valence-electron chi connectivity index (χ4n) is 19.0. The van der Waals surface area contributed by atoms with Crippen molar-refractivity contribution >= 4 is 165 Å². The summed E-state index contributed by atoms with van der Waals surface area (Å²) >= 11 is 0. The largest absolute Gasteiger partial charge is 0.456 e. The topological polar surface area (TPSA) is 93.6 Å². The second kappa shape index (κ2) is 28.0. The number of aromatic nitrogens is 3. The van der Waals surface area contributed by atoms with Crippen LogP contribution >= 0.6 is 0 Å². The maximum Gasteiger partial charge on any atom is 0.161 e. The van der Waals surface area contributed by atoms with Crippen LogP contribution in [0.1, 0.15) is 0 Å². The third-order valence-electron chi connectivity index (χ3n) is 24.7. The van der Waals surface area contributed by atoms with E-state index in [2.05, 4.69) is 390 Å². The van der Waals surface area contributed by atoms with E-state index < -0.39 is 0 Å². The Balaban J connectivity index is 0.000000101. The molecule has 0 spiro atoms. The molecule has 0 N–H and O–H groups in total. The molecule has 0 fully saturated rings. The van der Waals surface area contributed by atoms with Crippen molar-refractivity contribution in [2.24, 2.45) is 0 Å². The molecule has 0 amide bonds. The molecule has 0 bridgehead atoms. The fraction of sp³-hybridized carbons (Fsp3) is 0. The summed E-state index contributed by atoms with van der Waals surface area (Å²) in [6, 6.07) is 146. The van der Waals surface area contributed by atoms with Crippen LogP contribution in [0.3, 0.4) is 0 Å². The Bertz CT molecular complexity index is 8850. The van der Waals surface area contributed by atoms with Crippen LogP contribution in [0.5, 0.6) is 0 Å². The van der Waals surface area contributed by atoms with Crippen molar-refractivity contribution in [3.63, 3.8) is 0 Å². The highest BCUT2D eigenvalue weighted by Gasteiger charge is 2.26. The van der Waals surface area contributed by atoms with Gasteiger partial charge in [-0.2, -0.15) is 0 Å². The number of para-hydroxylation sites is 11. The van der Waals surface area contributed by atoms with Gasteiger partial charge in [0.2, 0.25) is 0 Å². The lowest BCUT2D eigenvalue weighted by molar-refractivity contribution is 0.668. The van der Waals surface area contributed by atoms with Gasteiger partial charge in [0.15, 0.2) is 16.7 Å². The molecule has 0 aliphatic rings. The molecule has 27 aromatic rings. The van der Waals surface area contributed by atoms with Gasteiger partial charge in [-0.05, 0) is 195 Å². The quantitative estimate of drug-likeness (QED) is 0.143. The number of rotatable bonds is 9. The van der Waals surface area contributed by atoms with Crippen LogP contribution in [0.25, 0.3) is 249 Å². The Labute approximate surface area is 702 Å². The Kier molecular flexibility index (Phi) is 15.8. The summed E-state index contributed by atoms with van der Waals surface area (Å²) in [6.07, 6.45) is 0. The minimum absolute atomic E-state index is 0.888. The third-order valence-corrected chi connectivity index (χ3v) is 24.7. The lowest BCUT2D eigenvalue weighted by Gasteiger charge is -2.09. The zero-order valence-corrected chi connectivity index (χ0v) is 66.1. The van der Waals surface area contributed by atoms with Gasteiger partial charge in [-0.25, -0.2) is 0 Å². The number of benzene rings is 18. The van der Waals surface area contributed by atoms with Crippen molar-refractivity contribution in [1.29, 1.82) is 0 Å². The number of hydrogen-bond acceptors (Lipinski definition) is 6. The van der Waals surface area contributed by atoms with E-state index in [4.69, 9.17) is 26.5 Å². The Morgan fingerprint density at radius 2 is 0.431 bits per heavy atom. The first kappa shape index (κ1) is 69.5. The van der Waals surface area contributed by atoms with Crippen LogP contribution in [-0.4, -0.2) is 13.7 Å². The van der Waals surface area contributed by atoms with Gasteiger partial charge in [0.25, 0.3) is 0 Å². The molecule has 18 aromatic carbocycles. The van der Waals surface area contributed by atoms with Crippen LogP contribution in [0.15, 0.2) is 445 Å². The van der Waals surface area contributed by atoms with Gasteiger partial charge in [0.1, 0.15) is 66.8 Å². The Hall–Kier alpha value is -16.6. The first-order chi connectivity index (χ1) is 61.0. The number of hydrogen-bond donors (Lipinski definition) is 0. The van der Waals surface area contributed by atoms with E-state index in [9.17, 15) is 0 Å². The minimum atomic E-state index is 0.888. The van der Waals surface area contributed by atoms with Gasteiger partial charge in [0, 0.05) is 92.8 Å². The van der Waals surface area contributed by atoms with E-state index in [1.807, 2.05) is 42.5 Å². The summed E-state index contributed by atoms with van der Waals surface area (Å²) in [5, 5.41) is 13.6. The van der Waals surface area contributed by atoms with E-state index in [1.54, 1.807) is 0 Å². The molecule has 576 valence electrons. The van der Waals surface area contributed by atoms with Gasteiger partial charge in [-0.15, -0.1) is 0 Å². The predicted molar refractivity (Wildman–Crippen MR) is 506 cm³/mol. The monoisotopic (exact) mass is 1580 g/mol. The molecule has 9 heterocycles. The van der Waals surface area contributed by atoms with Crippen molar-refractivity contribution in [2.75, 3.05) is 0 Å². The predicted octanol–water partition coefficient (Wildman–Crippen LogP) is 32.3. The minimum Gasteiger partial charge on any atom is -0.456 e. The smallest absolute Gasteiger partial charge is 0.161 e. The first-order valence-corrected chi connectivity index (χ1v) is 41.6. The summed E-state index contributed by atoms with van der Waals surface area (Å²) in [7, 11) is 0. The molecule has 0 radical (unpaired) electrons. The SMILES string of the molecule is c1ccc(-n2c3ccccc3c3oc4c(-c5ccc(-c6cccc7oc8ccccc8c67)cc5)cccc4c32)cc1.c1ccc(-n2c3ccccc3c3oc4cc(-c5ccc(-c6ccc7c(c6)oc6ccccc67)cc5)ccc4c32)cc1.c1ccc(-n2c3ccccc3c3oc4cc(-c5ccc(-c6cccc7c6oc6ccccc67)cc5)ccc4c32)cc1. The third kappa shape index (κ3) is 11.3. The molecule has 27 rings (SSSR count). The zero-order chi connectivity index (χ0) is 80.7. The highest BCUT2D eigenvalue weighted by molar-refractivity contribution is 6.21. The molecule has 9 heteroatoms. The van der Waals surface area contributed by atoms with E-state index in [0.717, 1.165) is 243 Å². The van der Waals surface area contributed by atoms with Crippen molar-refractivity contribution < 1.29 is 26.5 Å². The van der Waals surface area contributed by atoms with Crippen molar-refractivity contribution in [2.45, 2.75) is 0 Å². The number of nitrogens with zero attached hydrogens (tertiary/aromatic N) is 3. The molecule has 0 atom stereocenters. The van der Waals surface area contributed by atoms with Crippen LogP contribution < -0.4 is 0 Å². The Morgan fingerprint density at radius 3 is 0.911 bits per heavy atom. The summed E-state index contributed by atoms with van der Waals surface area (Å²) in [5.41, 5.74) is 34.7. The lowest BCUT2D eigenvalue weighted by Crippen LogP contribution is -1.92. The number of furan rings is 6. The van der Waals surface area contributed by atoms with Gasteiger partial charge in [-0.1, -0.05) is 279 Å². The fourth-order valence-corrected chi connectivity index (χ4v) is 19.0. The van der Waals surface area contributed by atoms with E-state index in [-0.39, 0.29) is 0 Å². The van der Waals surface area contributed by atoms with Crippen LogP contribution in [0.2, 0.25) is 0 Å². The Morgan fingerprint density at radius 1 is 0.146 bits per heavy atom. The molecule has 0 saturated heterocycles. The maximum atomic E-state index is 6.73. The van der Waals surface area contributed by atoms with E-state index >= 15 is 0 Å². The molecular weight excluding hydrogens is 1510 g/mol. The average molecular weight is 1580 g/mol. The summed E-state index contributed by atoms with van der Waals surface area (Å²) in [6.45, 7) is 0. The van der Waals surface area contributed by atoms with Gasteiger partial charge in [-0.3, -0.25) is 0 Å². The van der Waals surface area contributed by atoms with Crippen LogP contribution in [-0.2, 0) is 0 Å². The van der Waals surface area contributed by atoms with Gasteiger partial charge in [0.05, 0.1) is 16.6 Å². The summed E-state index contributed by atoms with van der Waals surface area (Å²) in [4.78, 5) is 0. The summed E-state index contributed by atoms with van der Waals surface area (Å²) in [5.74, 6) is 0. The highest BCUT2D eigenvalue weighted by atomic mass is 16.4. The van der Waals surface area contributed by atoms with Crippen molar-refractivity contribution in [3.8, 4) is 83.8 Å². The van der Waals surface area contributed by atoms with Gasteiger partial charge >= 0.3 is 0 Å². The molecule has 9 aromatic heterocycles. The molecule has 0 aliphatic heterocycles. The standard InChI is InChI=1S/3C38H23NO2/c1-2-10-26(11-3-1)39-32-17-6-4-12-29(32)38-36(39)31-16-8-15-28(37(31)41-38)25-22-20-24(21-23-25)27-14-9-19-34-35(27)30-13-5-7-18-33(30)40-34;1-2-9-27(10-3-1)39-33-15-6-4-12-31(33)38-36(39)32-22-21-26(23-35(32)41-38)24-17-19-25(20-18-24)28-13-8-14-30-29-11-5-7-16-34(29)40-37(28)30;1-2-8-28(9-3-1)39-33-12-6-4-11-31(33)38-37(39)32-21-19-27(23-36(32)41-38)25-16-14-24(15-17-25)26-18-20-30-29-10-5-7-13-34(29)40-35(30)22-26/h3*1-23H. The molecule has 123 heavy (non-hydrogen) atoms. The second-order valence-electron chi connectivity index (χ2n) is 31.6.